The molecule has 3 aromatic rings. The van der Waals surface area contributed by atoms with Crippen molar-refractivity contribution in [1.29, 1.82) is 0 Å². The van der Waals surface area contributed by atoms with Crippen molar-refractivity contribution in [2.75, 3.05) is 12.4 Å². The van der Waals surface area contributed by atoms with Gasteiger partial charge in [-0.3, -0.25) is 4.79 Å². The Morgan fingerprint density at radius 3 is 2.42 bits per heavy atom. The van der Waals surface area contributed by atoms with Gasteiger partial charge < -0.3 is 10.1 Å². The fourth-order valence-electron chi connectivity index (χ4n) is 2.99. The third kappa shape index (κ3) is 3.91. The van der Waals surface area contributed by atoms with Gasteiger partial charge in [-0.1, -0.05) is 61.5 Å². The topological polar surface area (TPSA) is 55.4 Å². The highest BCUT2D eigenvalue weighted by atomic mass is 16.5. The molecule has 0 spiro atoms. The van der Waals surface area contributed by atoms with Crippen LogP contribution in [0.15, 0.2) is 66.7 Å². The highest BCUT2D eigenvalue weighted by Gasteiger charge is 2.16. The first-order chi connectivity index (χ1) is 12.6. The molecular weight excluding hydrogens is 326 g/mol. The van der Waals surface area contributed by atoms with Crippen LogP contribution in [-0.4, -0.2) is 19.0 Å². The van der Waals surface area contributed by atoms with Crippen LogP contribution in [0.5, 0.6) is 0 Å². The third-order valence-corrected chi connectivity index (χ3v) is 4.44. The van der Waals surface area contributed by atoms with Crippen LogP contribution in [0.2, 0.25) is 0 Å². The average molecular weight is 347 g/mol. The summed E-state index contributed by atoms with van der Waals surface area (Å²) >= 11 is 0. The molecular formula is C22H21NO3. The minimum atomic E-state index is -0.469. The van der Waals surface area contributed by atoms with E-state index in [9.17, 15) is 9.59 Å². The summed E-state index contributed by atoms with van der Waals surface area (Å²) < 4.78 is 4.76. The lowest BCUT2D eigenvalue weighted by atomic mass is 9.95. The molecule has 1 amide bonds. The predicted octanol–water partition coefficient (Wildman–Crippen LogP) is 4.76. The van der Waals surface area contributed by atoms with E-state index in [4.69, 9.17) is 4.74 Å². The summed E-state index contributed by atoms with van der Waals surface area (Å²) in [6.07, 6.45) is 0.327. The maximum atomic E-state index is 12.5. The minimum absolute atomic E-state index is 0.0601. The lowest BCUT2D eigenvalue weighted by Crippen LogP contribution is -2.17. The van der Waals surface area contributed by atoms with Gasteiger partial charge in [-0.15, -0.1) is 0 Å². The summed E-state index contributed by atoms with van der Waals surface area (Å²) in [7, 11) is 1.32. The Labute approximate surface area is 152 Å². The molecule has 0 aliphatic carbocycles. The van der Waals surface area contributed by atoms with Crippen molar-refractivity contribution in [3.05, 3.63) is 77.9 Å². The first-order valence-electron chi connectivity index (χ1n) is 8.54. The number of amides is 1. The molecule has 0 saturated carbocycles. The minimum Gasteiger partial charge on any atom is -0.465 e. The molecule has 0 saturated heterocycles. The number of para-hydroxylation sites is 1. The molecule has 3 rings (SSSR count). The molecule has 0 bridgehead atoms. The van der Waals surface area contributed by atoms with Crippen molar-refractivity contribution < 1.29 is 14.3 Å². The van der Waals surface area contributed by atoms with Crippen LogP contribution in [0.3, 0.4) is 0 Å². The zero-order valence-electron chi connectivity index (χ0n) is 14.9. The first-order valence-corrected chi connectivity index (χ1v) is 8.54. The molecule has 4 heteroatoms. The number of hydrogen-bond donors (Lipinski definition) is 1. The van der Waals surface area contributed by atoms with E-state index in [0.29, 0.717) is 17.7 Å². The Balaban J connectivity index is 1.72. The average Bonchev–Trinajstić information content (AvgIpc) is 2.67. The molecule has 26 heavy (non-hydrogen) atoms. The summed E-state index contributed by atoms with van der Waals surface area (Å²) in [6.45, 7) is 2.02. The number of nitrogens with one attached hydrogen (secondary N) is 1. The molecule has 4 nitrogen and oxygen atoms in total. The van der Waals surface area contributed by atoms with E-state index >= 15 is 0 Å². The summed E-state index contributed by atoms with van der Waals surface area (Å²) in [5, 5.41) is 5.16. The van der Waals surface area contributed by atoms with Crippen LogP contribution >= 0.6 is 0 Å². The van der Waals surface area contributed by atoms with Crippen molar-refractivity contribution in [2.45, 2.75) is 19.3 Å². The second-order valence-corrected chi connectivity index (χ2v) is 6.30. The lowest BCUT2D eigenvalue weighted by Gasteiger charge is -2.14. The summed E-state index contributed by atoms with van der Waals surface area (Å²) in [6, 6.07) is 21.3. The number of carbonyl (C=O) groups is 2. The predicted molar refractivity (Wildman–Crippen MR) is 103 cm³/mol. The highest BCUT2D eigenvalue weighted by Crippen LogP contribution is 2.25. The smallest absolute Gasteiger partial charge is 0.339 e. The molecule has 1 N–H and O–H groups in total. The Morgan fingerprint density at radius 1 is 0.962 bits per heavy atom. The third-order valence-electron chi connectivity index (χ3n) is 4.44. The fourth-order valence-corrected chi connectivity index (χ4v) is 2.99. The number of esters is 1. The van der Waals surface area contributed by atoms with E-state index in [0.717, 1.165) is 10.9 Å². The van der Waals surface area contributed by atoms with Gasteiger partial charge in [-0.25, -0.2) is 4.79 Å². The van der Waals surface area contributed by atoms with E-state index in [1.54, 1.807) is 24.3 Å². The standard InChI is InChI=1S/C22H21NO3/c1-15(17-12-11-16-7-3-4-8-18(16)14-17)13-21(24)23-20-10-6-5-9-19(20)22(25)26-2/h3-12,14-15H,13H2,1-2H3,(H,23,24). The number of fused-ring (bicyclic) bond motifs is 1. The number of rotatable bonds is 5. The molecule has 1 atom stereocenters. The number of benzene rings is 3. The van der Waals surface area contributed by atoms with Crippen LogP contribution in [0.1, 0.15) is 35.2 Å². The van der Waals surface area contributed by atoms with Gasteiger partial charge in [0.2, 0.25) is 5.91 Å². The quantitative estimate of drug-likeness (QED) is 0.677. The Bertz CT molecular complexity index is 949. The molecule has 0 aliphatic heterocycles. The number of ether oxygens (including phenoxy) is 1. The lowest BCUT2D eigenvalue weighted by molar-refractivity contribution is -0.116. The van der Waals surface area contributed by atoms with E-state index in [1.165, 1.54) is 12.5 Å². The molecule has 3 aromatic carbocycles. The largest absolute Gasteiger partial charge is 0.465 e. The zero-order valence-corrected chi connectivity index (χ0v) is 14.9. The van der Waals surface area contributed by atoms with Gasteiger partial charge in [0.15, 0.2) is 0 Å². The van der Waals surface area contributed by atoms with E-state index in [2.05, 4.69) is 35.6 Å². The Hall–Kier alpha value is -3.14. The van der Waals surface area contributed by atoms with Gasteiger partial charge in [-0.05, 0) is 34.4 Å². The number of anilines is 1. The monoisotopic (exact) mass is 347 g/mol. The highest BCUT2D eigenvalue weighted by molar-refractivity contribution is 6.01. The van der Waals surface area contributed by atoms with Crippen molar-refractivity contribution >= 4 is 28.3 Å². The Kier molecular flexibility index (Phi) is 5.32. The molecule has 1 unspecified atom stereocenters. The molecule has 0 aliphatic rings. The number of hydrogen-bond acceptors (Lipinski definition) is 3. The normalized spacial score (nSPS) is 11.8. The van der Waals surface area contributed by atoms with Crippen LogP contribution < -0.4 is 5.32 Å². The fraction of sp³-hybridized carbons (Fsp3) is 0.182. The van der Waals surface area contributed by atoms with Crippen molar-refractivity contribution in [2.24, 2.45) is 0 Å². The van der Waals surface area contributed by atoms with Crippen molar-refractivity contribution in [3.63, 3.8) is 0 Å². The maximum Gasteiger partial charge on any atom is 0.339 e. The number of carbonyl (C=O) groups excluding carboxylic acids is 2. The molecule has 132 valence electrons. The van der Waals surface area contributed by atoms with Crippen molar-refractivity contribution in [1.82, 2.24) is 0 Å². The summed E-state index contributed by atoms with van der Waals surface area (Å²) in [5.74, 6) is -0.546. The molecule has 0 fully saturated rings. The van der Waals surface area contributed by atoms with Gasteiger partial charge in [-0.2, -0.15) is 0 Å². The van der Waals surface area contributed by atoms with Gasteiger partial charge >= 0.3 is 5.97 Å². The van der Waals surface area contributed by atoms with Crippen LogP contribution in [0.25, 0.3) is 10.8 Å². The second-order valence-electron chi connectivity index (χ2n) is 6.30. The van der Waals surface area contributed by atoms with Gasteiger partial charge in [0, 0.05) is 6.42 Å². The van der Waals surface area contributed by atoms with Gasteiger partial charge in [0.1, 0.15) is 0 Å². The summed E-state index contributed by atoms with van der Waals surface area (Å²) in [4.78, 5) is 24.3. The molecule has 0 radical (unpaired) electrons. The van der Waals surface area contributed by atoms with Crippen LogP contribution in [0, 0.1) is 0 Å². The van der Waals surface area contributed by atoms with E-state index in [1.807, 2.05) is 19.1 Å². The number of methoxy groups -OCH3 is 1. The summed E-state index contributed by atoms with van der Waals surface area (Å²) in [5.41, 5.74) is 1.93. The van der Waals surface area contributed by atoms with Crippen molar-refractivity contribution in [3.8, 4) is 0 Å². The van der Waals surface area contributed by atoms with Crippen LogP contribution in [-0.2, 0) is 9.53 Å². The zero-order chi connectivity index (χ0) is 18.5. The van der Waals surface area contributed by atoms with E-state index < -0.39 is 5.97 Å². The molecule has 0 heterocycles. The molecule has 0 aromatic heterocycles. The van der Waals surface area contributed by atoms with E-state index in [-0.39, 0.29) is 11.8 Å². The first kappa shape index (κ1) is 17.7. The van der Waals surface area contributed by atoms with Gasteiger partial charge in [0.05, 0.1) is 18.4 Å². The second kappa shape index (κ2) is 7.83. The van der Waals surface area contributed by atoms with Crippen LogP contribution in [0.4, 0.5) is 5.69 Å². The Morgan fingerprint density at radius 2 is 1.65 bits per heavy atom. The maximum absolute atomic E-state index is 12.5. The van der Waals surface area contributed by atoms with Gasteiger partial charge in [0.25, 0.3) is 0 Å². The SMILES string of the molecule is COC(=O)c1ccccc1NC(=O)CC(C)c1ccc2ccccc2c1.